The van der Waals surface area contributed by atoms with Crippen LogP contribution in [0.4, 0.5) is 0 Å². The Morgan fingerprint density at radius 3 is 2.42 bits per heavy atom. The van der Waals surface area contributed by atoms with Crippen LogP contribution < -0.4 is 0 Å². The Morgan fingerprint density at radius 2 is 2.00 bits per heavy atom. The van der Waals surface area contributed by atoms with E-state index in [-0.39, 0.29) is 24.8 Å². The molecule has 0 unspecified atom stereocenters. The quantitative estimate of drug-likeness (QED) is 0.616. The standard InChI is InChI=1S/C12H21N3O4/c1-8(17)14(4)10-5-11(18)15(12(10)19)9(7-16)6-13(2)3/h9-10,16H,5-7H2,1-4H3/t9-,10+/m1/s1. The molecule has 7 heteroatoms. The van der Waals surface area contributed by atoms with E-state index in [2.05, 4.69) is 0 Å². The van der Waals surface area contributed by atoms with Crippen LogP contribution in [0.3, 0.4) is 0 Å². The molecule has 1 saturated heterocycles. The van der Waals surface area contributed by atoms with Crippen molar-refractivity contribution >= 4 is 17.7 Å². The third kappa shape index (κ3) is 3.30. The van der Waals surface area contributed by atoms with Crippen LogP contribution in [-0.2, 0) is 14.4 Å². The van der Waals surface area contributed by atoms with Crippen LogP contribution in [0.25, 0.3) is 0 Å². The van der Waals surface area contributed by atoms with Gasteiger partial charge >= 0.3 is 0 Å². The van der Waals surface area contributed by atoms with Crippen LogP contribution in [0.5, 0.6) is 0 Å². The molecule has 1 rings (SSSR count). The first-order valence-corrected chi connectivity index (χ1v) is 6.14. The fourth-order valence-electron chi connectivity index (χ4n) is 2.18. The van der Waals surface area contributed by atoms with Gasteiger partial charge in [0.1, 0.15) is 6.04 Å². The summed E-state index contributed by atoms with van der Waals surface area (Å²) in [5.41, 5.74) is 0. The molecule has 19 heavy (non-hydrogen) atoms. The number of imide groups is 1. The third-order valence-electron chi connectivity index (χ3n) is 3.28. The van der Waals surface area contributed by atoms with Crippen molar-refractivity contribution in [2.45, 2.75) is 25.4 Å². The Kier molecular flexibility index (Phi) is 5.02. The van der Waals surface area contributed by atoms with E-state index in [1.807, 2.05) is 0 Å². The summed E-state index contributed by atoms with van der Waals surface area (Å²) in [6.45, 7) is 1.46. The second-order valence-electron chi connectivity index (χ2n) is 5.05. The molecule has 0 aliphatic carbocycles. The van der Waals surface area contributed by atoms with Crippen LogP contribution in [0.1, 0.15) is 13.3 Å². The number of aliphatic hydroxyl groups excluding tert-OH is 1. The van der Waals surface area contributed by atoms with Gasteiger partial charge in [-0.1, -0.05) is 0 Å². The number of carbonyl (C=O) groups is 3. The van der Waals surface area contributed by atoms with Crippen molar-refractivity contribution in [3.63, 3.8) is 0 Å². The summed E-state index contributed by atoms with van der Waals surface area (Å²) in [7, 11) is 5.10. The normalized spacial score (nSPS) is 21.2. The molecule has 1 aliphatic rings. The van der Waals surface area contributed by atoms with Gasteiger partial charge in [0.15, 0.2) is 0 Å². The molecule has 3 amide bonds. The lowest BCUT2D eigenvalue weighted by atomic mass is 10.2. The minimum Gasteiger partial charge on any atom is -0.394 e. The van der Waals surface area contributed by atoms with Gasteiger partial charge in [-0.3, -0.25) is 19.3 Å². The van der Waals surface area contributed by atoms with Gasteiger partial charge in [-0.25, -0.2) is 0 Å². The highest BCUT2D eigenvalue weighted by Gasteiger charge is 2.44. The number of amides is 3. The Hall–Kier alpha value is -1.47. The van der Waals surface area contributed by atoms with Gasteiger partial charge in [-0.15, -0.1) is 0 Å². The van der Waals surface area contributed by atoms with Gasteiger partial charge in [0.05, 0.1) is 19.1 Å². The molecule has 0 aromatic rings. The predicted molar refractivity (Wildman–Crippen MR) is 68.1 cm³/mol. The molecule has 7 nitrogen and oxygen atoms in total. The Morgan fingerprint density at radius 1 is 1.42 bits per heavy atom. The van der Waals surface area contributed by atoms with Gasteiger partial charge in [0.2, 0.25) is 11.8 Å². The minimum atomic E-state index is -0.749. The molecule has 108 valence electrons. The zero-order chi connectivity index (χ0) is 14.7. The van der Waals surface area contributed by atoms with Crippen molar-refractivity contribution < 1.29 is 19.5 Å². The Bertz CT molecular complexity index is 383. The average molecular weight is 271 g/mol. The van der Waals surface area contributed by atoms with E-state index in [9.17, 15) is 19.5 Å². The first-order valence-electron chi connectivity index (χ1n) is 6.14. The van der Waals surface area contributed by atoms with Crippen molar-refractivity contribution in [3.05, 3.63) is 0 Å². The van der Waals surface area contributed by atoms with Crippen LogP contribution in [0.15, 0.2) is 0 Å². The van der Waals surface area contributed by atoms with Crippen LogP contribution in [0, 0.1) is 0 Å². The van der Waals surface area contributed by atoms with Crippen molar-refractivity contribution in [1.82, 2.24) is 14.7 Å². The molecule has 1 aliphatic heterocycles. The van der Waals surface area contributed by atoms with E-state index >= 15 is 0 Å². The molecule has 1 heterocycles. The monoisotopic (exact) mass is 271 g/mol. The number of likely N-dealkylation sites (N-methyl/N-ethyl adjacent to an activating group) is 2. The molecule has 0 radical (unpaired) electrons. The molecular formula is C12H21N3O4. The van der Waals surface area contributed by atoms with Crippen molar-refractivity contribution in [2.75, 3.05) is 34.3 Å². The highest BCUT2D eigenvalue weighted by Crippen LogP contribution is 2.20. The number of carbonyl (C=O) groups excluding carboxylic acids is 3. The van der Waals surface area contributed by atoms with Crippen molar-refractivity contribution in [2.24, 2.45) is 0 Å². The van der Waals surface area contributed by atoms with Gasteiger partial charge in [0, 0.05) is 20.5 Å². The highest BCUT2D eigenvalue weighted by atomic mass is 16.3. The number of hydrogen-bond acceptors (Lipinski definition) is 5. The Labute approximate surface area is 112 Å². The molecule has 2 atom stereocenters. The number of nitrogens with zero attached hydrogens (tertiary/aromatic N) is 3. The van der Waals surface area contributed by atoms with Crippen LogP contribution >= 0.6 is 0 Å². The smallest absolute Gasteiger partial charge is 0.252 e. The topological polar surface area (TPSA) is 81.2 Å². The lowest BCUT2D eigenvalue weighted by Crippen LogP contribution is -2.50. The average Bonchev–Trinajstić information content (AvgIpc) is 2.61. The maximum absolute atomic E-state index is 12.2. The predicted octanol–water partition coefficient (Wildman–Crippen LogP) is -1.49. The summed E-state index contributed by atoms with van der Waals surface area (Å²) in [4.78, 5) is 39.6. The van der Waals surface area contributed by atoms with Crippen molar-refractivity contribution in [3.8, 4) is 0 Å². The molecule has 0 bridgehead atoms. The zero-order valence-corrected chi connectivity index (χ0v) is 11.8. The van der Waals surface area contributed by atoms with Gasteiger partial charge in [0.25, 0.3) is 5.91 Å². The zero-order valence-electron chi connectivity index (χ0n) is 11.8. The highest BCUT2D eigenvalue weighted by molar-refractivity contribution is 6.07. The summed E-state index contributed by atoms with van der Waals surface area (Å²) in [5.74, 6) is -1.02. The molecule has 0 saturated carbocycles. The molecule has 0 spiro atoms. The molecule has 0 aromatic heterocycles. The first-order chi connectivity index (χ1) is 8.79. The van der Waals surface area contributed by atoms with Gasteiger partial charge < -0.3 is 14.9 Å². The summed E-state index contributed by atoms with van der Waals surface area (Å²) in [5, 5.41) is 9.35. The van der Waals surface area contributed by atoms with E-state index in [0.29, 0.717) is 6.54 Å². The van der Waals surface area contributed by atoms with Crippen LogP contribution in [-0.4, -0.2) is 83.9 Å². The second-order valence-corrected chi connectivity index (χ2v) is 5.05. The minimum absolute atomic E-state index is 0.0150. The summed E-state index contributed by atoms with van der Waals surface area (Å²) in [6.07, 6.45) is -0.0150. The number of hydrogen-bond donors (Lipinski definition) is 1. The van der Waals surface area contributed by atoms with Gasteiger partial charge in [-0.2, -0.15) is 0 Å². The van der Waals surface area contributed by atoms with E-state index < -0.39 is 18.0 Å². The molecule has 0 aromatic carbocycles. The maximum Gasteiger partial charge on any atom is 0.252 e. The molecule has 1 fully saturated rings. The molecular weight excluding hydrogens is 250 g/mol. The Balaban J connectivity index is 2.88. The third-order valence-corrected chi connectivity index (χ3v) is 3.28. The van der Waals surface area contributed by atoms with Crippen LogP contribution in [0.2, 0.25) is 0 Å². The number of likely N-dealkylation sites (tertiary alicyclic amines) is 1. The fourth-order valence-corrected chi connectivity index (χ4v) is 2.18. The number of aliphatic hydroxyl groups is 1. The maximum atomic E-state index is 12.2. The molecule has 1 N–H and O–H groups in total. The largest absolute Gasteiger partial charge is 0.394 e. The summed E-state index contributed by atoms with van der Waals surface area (Å²) in [6, 6.07) is -1.32. The van der Waals surface area contributed by atoms with E-state index in [0.717, 1.165) is 4.90 Å². The SMILES string of the molecule is CC(=O)N(C)[C@H]1CC(=O)N([C@@H](CO)CN(C)C)C1=O. The first kappa shape index (κ1) is 15.6. The van der Waals surface area contributed by atoms with E-state index in [1.54, 1.807) is 19.0 Å². The summed E-state index contributed by atoms with van der Waals surface area (Å²) >= 11 is 0. The summed E-state index contributed by atoms with van der Waals surface area (Å²) < 4.78 is 0. The van der Waals surface area contributed by atoms with Crippen molar-refractivity contribution in [1.29, 1.82) is 0 Å². The van der Waals surface area contributed by atoms with Gasteiger partial charge in [-0.05, 0) is 14.1 Å². The number of rotatable bonds is 5. The lowest BCUT2D eigenvalue weighted by molar-refractivity contribution is -0.146. The van der Waals surface area contributed by atoms with E-state index in [1.165, 1.54) is 18.9 Å². The fraction of sp³-hybridized carbons (Fsp3) is 0.750. The van der Waals surface area contributed by atoms with E-state index in [4.69, 9.17) is 0 Å². The second kappa shape index (κ2) is 6.12. The lowest BCUT2D eigenvalue weighted by Gasteiger charge is -2.28.